The average Bonchev–Trinajstić information content (AvgIpc) is 2.81. The molecule has 2 aromatic rings. The van der Waals surface area contributed by atoms with Gasteiger partial charge in [0.2, 0.25) is 0 Å². The topological polar surface area (TPSA) is 84.6 Å². The second-order valence-electron chi connectivity index (χ2n) is 4.74. The number of nitrogens with zero attached hydrogens (tertiary/aromatic N) is 2. The maximum absolute atomic E-state index is 11.4. The number of carboxylic acids is 1. The third-order valence-electron chi connectivity index (χ3n) is 3.24. The van der Waals surface area contributed by atoms with Crippen LogP contribution in [0.2, 0.25) is 0 Å². The van der Waals surface area contributed by atoms with Crippen molar-refractivity contribution >= 4 is 17.0 Å². The SMILES string of the molecule is CCCc1nc2cccc(C(=O)O)c2n1CCOCCO. The summed E-state index contributed by atoms with van der Waals surface area (Å²) in [6, 6.07) is 5.13. The summed E-state index contributed by atoms with van der Waals surface area (Å²) in [4.78, 5) is 15.9. The summed E-state index contributed by atoms with van der Waals surface area (Å²) >= 11 is 0. The van der Waals surface area contributed by atoms with E-state index in [1.165, 1.54) is 0 Å². The fraction of sp³-hybridized carbons (Fsp3) is 0.467. The first-order valence-corrected chi connectivity index (χ1v) is 7.09. The van der Waals surface area contributed by atoms with E-state index >= 15 is 0 Å². The van der Waals surface area contributed by atoms with Crippen LogP contribution >= 0.6 is 0 Å². The molecule has 6 heteroatoms. The normalized spacial score (nSPS) is 11.1. The fourth-order valence-electron chi connectivity index (χ4n) is 2.38. The molecule has 0 bridgehead atoms. The van der Waals surface area contributed by atoms with Crippen molar-refractivity contribution in [1.29, 1.82) is 0 Å². The number of aliphatic hydroxyl groups excluding tert-OH is 1. The molecule has 0 saturated carbocycles. The lowest BCUT2D eigenvalue weighted by molar-refractivity contribution is 0.0698. The summed E-state index contributed by atoms with van der Waals surface area (Å²) in [5.74, 6) is -0.0881. The van der Waals surface area contributed by atoms with Crippen LogP contribution in [-0.4, -0.2) is 45.6 Å². The maximum Gasteiger partial charge on any atom is 0.337 e. The van der Waals surface area contributed by atoms with Crippen LogP contribution in [0.5, 0.6) is 0 Å². The summed E-state index contributed by atoms with van der Waals surface area (Å²) in [5.41, 5.74) is 1.59. The summed E-state index contributed by atoms with van der Waals surface area (Å²) < 4.78 is 7.21. The van der Waals surface area contributed by atoms with Gasteiger partial charge in [-0.15, -0.1) is 0 Å². The lowest BCUT2D eigenvalue weighted by Crippen LogP contribution is -2.12. The molecule has 1 aromatic carbocycles. The molecule has 1 aromatic heterocycles. The Morgan fingerprint density at radius 1 is 1.38 bits per heavy atom. The Labute approximate surface area is 123 Å². The van der Waals surface area contributed by atoms with Gasteiger partial charge in [-0.2, -0.15) is 0 Å². The van der Waals surface area contributed by atoms with Gasteiger partial charge in [-0.05, 0) is 18.6 Å². The number of aromatic carboxylic acids is 1. The molecule has 0 spiro atoms. The van der Waals surface area contributed by atoms with Crippen molar-refractivity contribution in [3.63, 3.8) is 0 Å². The first-order chi connectivity index (χ1) is 10.2. The Hall–Kier alpha value is -1.92. The van der Waals surface area contributed by atoms with Gasteiger partial charge in [-0.1, -0.05) is 13.0 Å². The number of hydrogen-bond acceptors (Lipinski definition) is 4. The van der Waals surface area contributed by atoms with E-state index in [4.69, 9.17) is 9.84 Å². The molecule has 2 N–H and O–H groups in total. The standard InChI is InChI=1S/C15H20N2O4/c1-2-4-13-16-12-6-3-5-11(15(19)20)14(12)17(13)7-9-21-10-8-18/h3,5-6,18H,2,4,7-10H2,1H3,(H,19,20). The molecule has 21 heavy (non-hydrogen) atoms. The van der Waals surface area contributed by atoms with Crippen molar-refractivity contribution in [2.24, 2.45) is 0 Å². The van der Waals surface area contributed by atoms with Crippen molar-refractivity contribution in [3.8, 4) is 0 Å². The van der Waals surface area contributed by atoms with Crippen LogP contribution in [0.4, 0.5) is 0 Å². The number of aliphatic hydroxyl groups is 1. The summed E-state index contributed by atoms with van der Waals surface area (Å²) in [6.07, 6.45) is 1.72. The predicted molar refractivity (Wildman–Crippen MR) is 78.6 cm³/mol. The molecule has 0 radical (unpaired) electrons. The number of benzene rings is 1. The predicted octanol–water partition coefficient (Wildman–Crippen LogP) is 1.70. The smallest absolute Gasteiger partial charge is 0.337 e. The second kappa shape index (κ2) is 7.19. The average molecular weight is 292 g/mol. The Balaban J connectivity index is 2.41. The summed E-state index contributed by atoms with van der Waals surface area (Å²) in [5, 5.41) is 18.1. The molecule has 0 saturated heterocycles. The highest BCUT2D eigenvalue weighted by Crippen LogP contribution is 2.21. The van der Waals surface area contributed by atoms with E-state index in [2.05, 4.69) is 11.9 Å². The number of imidazole rings is 1. The third-order valence-corrected chi connectivity index (χ3v) is 3.24. The number of aryl methyl sites for hydroxylation is 1. The highest BCUT2D eigenvalue weighted by atomic mass is 16.5. The molecule has 0 fully saturated rings. The number of rotatable bonds is 8. The molecule has 0 aliphatic carbocycles. The first kappa shape index (κ1) is 15.5. The molecule has 0 unspecified atom stereocenters. The minimum absolute atomic E-state index is 0.0210. The van der Waals surface area contributed by atoms with Gasteiger partial charge >= 0.3 is 5.97 Å². The van der Waals surface area contributed by atoms with Gasteiger partial charge in [0.15, 0.2) is 0 Å². The zero-order chi connectivity index (χ0) is 15.2. The third kappa shape index (κ3) is 3.40. The Morgan fingerprint density at radius 2 is 2.19 bits per heavy atom. The monoisotopic (exact) mass is 292 g/mol. The molecule has 0 amide bonds. The number of aromatic nitrogens is 2. The summed E-state index contributed by atoms with van der Waals surface area (Å²) in [6.45, 7) is 3.26. The van der Waals surface area contributed by atoms with E-state index < -0.39 is 5.97 Å². The van der Waals surface area contributed by atoms with E-state index in [0.717, 1.165) is 18.7 Å². The number of carboxylic acid groups (broad SMARTS) is 1. The largest absolute Gasteiger partial charge is 0.478 e. The summed E-state index contributed by atoms with van der Waals surface area (Å²) in [7, 11) is 0. The van der Waals surface area contributed by atoms with Crippen LogP contribution in [0.3, 0.4) is 0 Å². The van der Waals surface area contributed by atoms with Gasteiger partial charge in [-0.25, -0.2) is 9.78 Å². The number of ether oxygens (including phenoxy) is 1. The van der Waals surface area contributed by atoms with Gasteiger partial charge in [0.1, 0.15) is 5.82 Å². The fourth-order valence-corrected chi connectivity index (χ4v) is 2.38. The maximum atomic E-state index is 11.4. The zero-order valence-corrected chi connectivity index (χ0v) is 12.1. The van der Waals surface area contributed by atoms with Crippen molar-refractivity contribution in [3.05, 3.63) is 29.6 Å². The molecule has 1 heterocycles. The zero-order valence-electron chi connectivity index (χ0n) is 12.1. The van der Waals surface area contributed by atoms with E-state index in [-0.39, 0.29) is 18.8 Å². The van der Waals surface area contributed by atoms with Crippen LogP contribution in [0.1, 0.15) is 29.5 Å². The van der Waals surface area contributed by atoms with Crippen LogP contribution in [-0.2, 0) is 17.7 Å². The highest BCUT2D eigenvalue weighted by molar-refractivity contribution is 6.01. The van der Waals surface area contributed by atoms with Gasteiger partial charge in [0.25, 0.3) is 0 Å². The number of para-hydroxylation sites is 1. The molecule has 0 aliphatic heterocycles. The van der Waals surface area contributed by atoms with Gasteiger partial charge in [0, 0.05) is 13.0 Å². The molecular weight excluding hydrogens is 272 g/mol. The van der Waals surface area contributed by atoms with Crippen LogP contribution in [0, 0.1) is 0 Å². The van der Waals surface area contributed by atoms with E-state index in [0.29, 0.717) is 24.2 Å². The second-order valence-corrected chi connectivity index (χ2v) is 4.74. The van der Waals surface area contributed by atoms with E-state index in [9.17, 15) is 9.90 Å². The quantitative estimate of drug-likeness (QED) is 0.723. The minimum Gasteiger partial charge on any atom is -0.478 e. The van der Waals surface area contributed by atoms with Gasteiger partial charge in [-0.3, -0.25) is 0 Å². The van der Waals surface area contributed by atoms with Crippen molar-refractivity contribution in [2.45, 2.75) is 26.3 Å². The first-order valence-electron chi connectivity index (χ1n) is 7.09. The number of hydrogen-bond donors (Lipinski definition) is 2. The van der Waals surface area contributed by atoms with Gasteiger partial charge < -0.3 is 19.5 Å². The van der Waals surface area contributed by atoms with Crippen LogP contribution < -0.4 is 0 Å². The van der Waals surface area contributed by atoms with E-state index in [1.807, 2.05) is 10.6 Å². The minimum atomic E-state index is -0.957. The molecule has 0 atom stereocenters. The number of carbonyl (C=O) groups is 1. The molecule has 114 valence electrons. The van der Waals surface area contributed by atoms with Crippen LogP contribution in [0.25, 0.3) is 11.0 Å². The Bertz CT molecular complexity index is 621. The van der Waals surface area contributed by atoms with Gasteiger partial charge in [0.05, 0.1) is 36.4 Å². The highest BCUT2D eigenvalue weighted by Gasteiger charge is 2.16. The lowest BCUT2D eigenvalue weighted by Gasteiger charge is -2.10. The molecule has 2 rings (SSSR count). The van der Waals surface area contributed by atoms with Crippen molar-refractivity contribution in [1.82, 2.24) is 9.55 Å². The van der Waals surface area contributed by atoms with Crippen molar-refractivity contribution < 1.29 is 19.7 Å². The van der Waals surface area contributed by atoms with Crippen LogP contribution in [0.15, 0.2) is 18.2 Å². The molecular formula is C15H20N2O4. The van der Waals surface area contributed by atoms with E-state index in [1.54, 1.807) is 12.1 Å². The van der Waals surface area contributed by atoms with Crippen molar-refractivity contribution in [2.75, 3.05) is 19.8 Å². The number of fused-ring (bicyclic) bond motifs is 1. The molecule has 0 aliphatic rings. The Kier molecular flexibility index (Phi) is 5.30. The Morgan fingerprint density at radius 3 is 2.86 bits per heavy atom. The molecule has 6 nitrogen and oxygen atoms in total. The lowest BCUT2D eigenvalue weighted by atomic mass is 10.2.